The Labute approximate surface area is 154 Å². The number of nitrogens with one attached hydrogen (secondary N) is 2. The molecule has 4 N–H and O–H groups in total. The minimum atomic E-state index is -0.594. The fourth-order valence-electron chi connectivity index (χ4n) is 3.34. The zero-order valence-electron chi connectivity index (χ0n) is 15.0. The third-order valence-electron chi connectivity index (χ3n) is 5.09. The molecule has 0 spiro atoms. The summed E-state index contributed by atoms with van der Waals surface area (Å²) < 4.78 is 0. The van der Waals surface area contributed by atoms with Crippen LogP contribution in [0.25, 0.3) is 0 Å². The Hall–Kier alpha value is -1.59. The standard InChI is InChI=1S/C19H28ClN3O2/c1-13(2)17(21)18(25)22-11-16(24)23-12-19(9-3-4-10-19)14-5-7-15(20)8-6-14/h5-8,13,17H,3-4,9-12,21H2,1-2H3,(H,22,25)(H,23,24)/t17-/m0/s1. The molecule has 5 nitrogen and oxygen atoms in total. The summed E-state index contributed by atoms with van der Waals surface area (Å²) in [5.41, 5.74) is 6.94. The van der Waals surface area contributed by atoms with Crippen molar-refractivity contribution in [3.05, 3.63) is 34.9 Å². The maximum Gasteiger partial charge on any atom is 0.239 e. The predicted molar refractivity (Wildman–Crippen MR) is 100 cm³/mol. The van der Waals surface area contributed by atoms with Crippen LogP contribution in [0, 0.1) is 5.92 Å². The quantitative estimate of drug-likeness (QED) is 0.693. The first-order valence-corrected chi connectivity index (χ1v) is 9.28. The van der Waals surface area contributed by atoms with Crippen LogP contribution >= 0.6 is 11.6 Å². The zero-order valence-corrected chi connectivity index (χ0v) is 15.7. The largest absolute Gasteiger partial charge is 0.354 e. The van der Waals surface area contributed by atoms with Gasteiger partial charge in [-0.05, 0) is 36.5 Å². The summed E-state index contributed by atoms with van der Waals surface area (Å²) in [6.07, 6.45) is 4.38. The van der Waals surface area contributed by atoms with Crippen LogP contribution in [-0.2, 0) is 15.0 Å². The number of benzene rings is 1. The van der Waals surface area contributed by atoms with E-state index in [0.717, 1.165) is 25.7 Å². The molecule has 2 rings (SSSR count). The Morgan fingerprint density at radius 2 is 1.76 bits per heavy atom. The molecule has 0 heterocycles. The maximum absolute atomic E-state index is 12.1. The highest BCUT2D eigenvalue weighted by atomic mass is 35.5. The van der Waals surface area contributed by atoms with Gasteiger partial charge < -0.3 is 16.4 Å². The number of amides is 2. The van der Waals surface area contributed by atoms with Gasteiger partial charge in [0, 0.05) is 17.0 Å². The Morgan fingerprint density at radius 1 is 1.16 bits per heavy atom. The van der Waals surface area contributed by atoms with Gasteiger partial charge in [-0.3, -0.25) is 9.59 Å². The van der Waals surface area contributed by atoms with Gasteiger partial charge in [0.1, 0.15) is 0 Å². The summed E-state index contributed by atoms with van der Waals surface area (Å²) in [6.45, 7) is 4.27. The molecule has 0 aliphatic heterocycles. The van der Waals surface area contributed by atoms with Gasteiger partial charge in [0.15, 0.2) is 0 Å². The van der Waals surface area contributed by atoms with Crippen molar-refractivity contribution in [3.8, 4) is 0 Å². The number of halogens is 1. The lowest BCUT2D eigenvalue weighted by atomic mass is 9.79. The molecule has 1 atom stereocenters. The lowest BCUT2D eigenvalue weighted by Gasteiger charge is -2.30. The van der Waals surface area contributed by atoms with Crippen molar-refractivity contribution in [2.45, 2.75) is 51.0 Å². The van der Waals surface area contributed by atoms with E-state index in [1.54, 1.807) is 0 Å². The van der Waals surface area contributed by atoms with E-state index in [1.165, 1.54) is 5.56 Å². The third kappa shape index (κ3) is 5.19. The molecule has 1 aromatic rings. The van der Waals surface area contributed by atoms with E-state index >= 15 is 0 Å². The van der Waals surface area contributed by atoms with Crippen LogP contribution in [0.5, 0.6) is 0 Å². The average Bonchev–Trinajstić information content (AvgIpc) is 3.07. The van der Waals surface area contributed by atoms with Crippen LogP contribution < -0.4 is 16.4 Å². The van der Waals surface area contributed by atoms with Crippen molar-refractivity contribution in [2.75, 3.05) is 13.1 Å². The molecule has 1 saturated carbocycles. The topological polar surface area (TPSA) is 84.2 Å². The van der Waals surface area contributed by atoms with Crippen molar-refractivity contribution in [1.82, 2.24) is 10.6 Å². The summed E-state index contributed by atoms with van der Waals surface area (Å²) in [4.78, 5) is 24.0. The molecule has 0 bridgehead atoms. The van der Waals surface area contributed by atoms with Crippen molar-refractivity contribution < 1.29 is 9.59 Å². The van der Waals surface area contributed by atoms with E-state index in [9.17, 15) is 9.59 Å². The Kier molecular flexibility index (Phi) is 6.85. The van der Waals surface area contributed by atoms with Gasteiger partial charge in [-0.15, -0.1) is 0 Å². The average molecular weight is 366 g/mol. The SMILES string of the molecule is CC(C)[C@H](N)C(=O)NCC(=O)NCC1(c2ccc(Cl)cc2)CCCC1. The van der Waals surface area contributed by atoms with E-state index < -0.39 is 6.04 Å². The van der Waals surface area contributed by atoms with Crippen LogP contribution in [0.4, 0.5) is 0 Å². The Morgan fingerprint density at radius 3 is 2.32 bits per heavy atom. The van der Waals surface area contributed by atoms with Crippen LogP contribution in [0.3, 0.4) is 0 Å². The van der Waals surface area contributed by atoms with Crippen LogP contribution in [0.2, 0.25) is 5.02 Å². The Bertz CT molecular complexity index is 595. The van der Waals surface area contributed by atoms with Gasteiger partial charge in [0.25, 0.3) is 0 Å². The molecular weight excluding hydrogens is 338 g/mol. The molecule has 0 aromatic heterocycles. The minimum absolute atomic E-state index is 0.0368. The zero-order chi connectivity index (χ0) is 18.4. The van der Waals surface area contributed by atoms with Crippen molar-refractivity contribution in [2.24, 2.45) is 11.7 Å². The predicted octanol–water partition coefficient (Wildman–Crippen LogP) is 2.37. The van der Waals surface area contributed by atoms with E-state index in [1.807, 2.05) is 38.1 Å². The second kappa shape index (κ2) is 8.68. The highest BCUT2D eigenvalue weighted by molar-refractivity contribution is 6.30. The van der Waals surface area contributed by atoms with Crippen molar-refractivity contribution >= 4 is 23.4 Å². The normalized spacial score (nSPS) is 17.3. The number of nitrogens with two attached hydrogens (primary N) is 1. The second-order valence-corrected chi connectivity index (χ2v) is 7.70. The summed E-state index contributed by atoms with van der Waals surface area (Å²) >= 11 is 5.99. The van der Waals surface area contributed by atoms with Gasteiger partial charge in [0.05, 0.1) is 12.6 Å². The number of hydrogen-bond donors (Lipinski definition) is 3. The molecule has 138 valence electrons. The molecule has 0 saturated heterocycles. The van der Waals surface area contributed by atoms with Crippen molar-refractivity contribution in [3.63, 3.8) is 0 Å². The molecule has 6 heteroatoms. The number of rotatable bonds is 7. The first-order chi connectivity index (χ1) is 11.8. The molecule has 1 aromatic carbocycles. The minimum Gasteiger partial charge on any atom is -0.354 e. The van der Waals surface area contributed by atoms with Gasteiger partial charge in [-0.1, -0.05) is 50.4 Å². The highest BCUT2D eigenvalue weighted by Crippen LogP contribution is 2.40. The molecule has 0 radical (unpaired) electrons. The molecule has 1 aliphatic carbocycles. The molecule has 1 fully saturated rings. The second-order valence-electron chi connectivity index (χ2n) is 7.26. The van der Waals surface area contributed by atoms with Crippen LogP contribution in [0.1, 0.15) is 45.1 Å². The summed E-state index contributed by atoms with van der Waals surface area (Å²) in [6, 6.07) is 7.29. The van der Waals surface area contributed by atoms with E-state index in [0.29, 0.717) is 11.6 Å². The molecule has 0 unspecified atom stereocenters. The highest BCUT2D eigenvalue weighted by Gasteiger charge is 2.35. The van der Waals surface area contributed by atoms with E-state index in [4.69, 9.17) is 17.3 Å². The molecule has 1 aliphatic rings. The molecule has 25 heavy (non-hydrogen) atoms. The Balaban J connectivity index is 1.90. The summed E-state index contributed by atoms with van der Waals surface area (Å²) in [5.74, 6) is -0.447. The first-order valence-electron chi connectivity index (χ1n) is 8.90. The van der Waals surface area contributed by atoms with Crippen LogP contribution in [-0.4, -0.2) is 30.9 Å². The smallest absolute Gasteiger partial charge is 0.239 e. The monoisotopic (exact) mass is 365 g/mol. The van der Waals surface area contributed by atoms with Gasteiger partial charge in [-0.2, -0.15) is 0 Å². The lowest BCUT2D eigenvalue weighted by molar-refractivity contribution is -0.127. The summed E-state index contributed by atoms with van der Waals surface area (Å²) in [5, 5.41) is 6.29. The molecule has 2 amide bonds. The first kappa shape index (κ1) is 19.7. The fourth-order valence-corrected chi connectivity index (χ4v) is 3.47. The van der Waals surface area contributed by atoms with Gasteiger partial charge >= 0.3 is 0 Å². The van der Waals surface area contributed by atoms with Gasteiger partial charge in [-0.25, -0.2) is 0 Å². The van der Waals surface area contributed by atoms with Crippen LogP contribution in [0.15, 0.2) is 24.3 Å². The number of carbonyl (C=O) groups excluding carboxylic acids is 2. The summed E-state index contributed by atoms with van der Waals surface area (Å²) in [7, 11) is 0. The third-order valence-corrected chi connectivity index (χ3v) is 5.34. The van der Waals surface area contributed by atoms with E-state index in [-0.39, 0.29) is 29.7 Å². The fraction of sp³-hybridized carbons (Fsp3) is 0.579. The number of carbonyl (C=O) groups is 2. The maximum atomic E-state index is 12.1. The van der Waals surface area contributed by atoms with Crippen molar-refractivity contribution in [1.29, 1.82) is 0 Å². The lowest BCUT2D eigenvalue weighted by Crippen LogP contribution is -2.48. The van der Waals surface area contributed by atoms with E-state index in [2.05, 4.69) is 10.6 Å². The molecular formula is C19H28ClN3O2. The van der Waals surface area contributed by atoms with Gasteiger partial charge in [0.2, 0.25) is 11.8 Å². The number of hydrogen-bond acceptors (Lipinski definition) is 3.